The minimum absolute atomic E-state index is 0.274. The SMILES string of the molecule is C=CC(=O)OC1=Cc2ccccc2OC1. The molecule has 76 valence electrons. The molecule has 1 aromatic rings. The Kier molecular flexibility index (Phi) is 2.54. The summed E-state index contributed by atoms with van der Waals surface area (Å²) in [4.78, 5) is 11.0. The molecule has 0 unspecified atom stereocenters. The van der Waals surface area contributed by atoms with Gasteiger partial charge in [0.15, 0.2) is 0 Å². The molecule has 1 heterocycles. The highest BCUT2D eigenvalue weighted by Crippen LogP contribution is 2.25. The van der Waals surface area contributed by atoms with Gasteiger partial charge >= 0.3 is 5.97 Å². The predicted octanol–water partition coefficient (Wildman–Crippen LogP) is 2.15. The lowest BCUT2D eigenvalue weighted by Crippen LogP contribution is -2.12. The number of rotatable bonds is 2. The first-order valence-electron chi connectivity index (χ1n) is 4.56. The fourth-order valence-corrected chi connectivity index (χ4v) is 1.33. The zero-order valence-electron chi connectivity index (χ0n) is 8.10. The Morgan fingerprint density at radius 1 is 1.47 bits per heavy atom. The molecule has 1 aliphatic heterocycles. The Hall–Kier alpha value is -2.03. The molecule has 0 atom stereocenters. The van der Waals surface area contributed by atoms with Gasteiger partial charge in [-0.05, 0) is 12.1 Å². The van der Waals surface area contributed by atoms with E-state index in [4.69, 9.17) is 9.47 Å². The highest BCUT2D eigenvalue weighted by molar-refractivity contribution is 5.82. The van der Waals surface area contributed by atoms with Crippen molar-refractivity contribution >= 4 is 12.0 Å². The second-order valence-corrected chi connectivity index (χ2v) is 3.06. The maximum atomic E-state index is 11.0. The van der Waals surface area contributed by atoms with Crippen LogP contribution in [0.5, 0.6) is 5.75 Å². The van der Waals surface area contributed by atoms with E-state index in [1.807, 2.05) is 24.3 Å². The van der Waals surface area contributed by atoms with Gasteiger partial charge in [0, 0.05) is 11.6 Å². The van der Waals surface area contributed by atoms with E-state index in [-0.39, 0.29) is 6.61 Å². The van der Waals surface area contributed by atoms with Crippen LogP contribution in [0.4, 0.5) is 0 Å². The van der Waals surface area contributed by atoms with E-state index in [0.717, 1.165) is 17.4 Å². The lowest BCUT2D eigenvalue weighted by Gasteiger charge is -2.16. The number of hydrogen-bond donors (Lipinski definition) is 0. The van der Waals surface area contributed by atoms with Crippen LogP contribution in [0, 0.1) is 0 Å². The Balaban J connectivity index is 2.21. The lowest BCUT2D eigenvalue weighted by molar-refractivity contribution is -0.134. The van der Waals surface area contributed by atoms with Crippen LogP contribution in [0.2, 0.25) is 0 Å². The van der Waals surface area contributed by atoms with E-state index in [1.165, 1.54) is 0 Å². The van der Waals surface area contributed by atoms with Crippen molar-refractivity contribution in [3.05, 3.63) is 48.2 Å². The summed E-state index contributed by atoms with van der Waals surface area (Å²) in [5, 5.41) is 0. The molecule has 0 aromatic heterocycles. The van der Waals surface area contributed by atoms with Crippen LogP contribution in [-0.2, 0) is 9.53 Å². The van der Waals surface area contributed by atoms with Crippen molar-refractivity contribution < 1.29 is 14.3 Å². The fraction of sp³-hybridized carbons (Fsp3) is 0.0833. The first-order chi connectivity index (χ1) is 7.29. The fourth-order valence-electron chi connectivity index (χ4n) is 1.33. The van der Waals surface area contributed by atoms with E-state index >= 15 is 0 Å². The smallest absolute Gasteiger partial charge is 0.335 e. The highest BCUT2D eigenvalue weighted by Gasteiger charge is 2.13. The third kappa shape index (κ3) is 2.07. The largest absolute Gasteiger partial charge is 0.485 e. The summed E-state index contributed by atoms with van der Waals surface area (Å²) in [7, 11) is 0. The molecule has 0 saturated heterocycles. The summed E-state index contributed by atoms with van der Waals surface area (Å²) in [6, 6.07) is 7.57. The van der Waals surface area contributed by atoms with Gasteiger partial charge in [0.05, 0.1) is 0 Å². The molecule has 0 saturated carbocycles. The lowest BCUT2D eigenvalue weighted by atomic mass is 10.1. The molecule has 1 aromatic carbocycles. The van der Waals surface area contributed by atoms with Gasteiger partial charge in [-0.15, -0.1) is 0 Å². The Bertz CT molecular complexity index is 432. The standard InChI is InChI=1S/C12H10O3/c1-2-12(13)15-10-7-9-5-3-4-6-11(9)14-8-10/h2-7H,1,8H2. The third-order valence-corrected chi connectivity index (χ3v) is 2.00. The van der Waals surface area contributed by atoms with Gasteiger partial charge in [0.1, 0.15) is 18.1 Å². The molecule has 3 nitrogen and oxygen atoms in total. The van der Waals surface area contributed by atoms with Crippen molar-refractivity contribution in [2.45, 2.75) is 0 Å². The van der Waals surface area contributed by atoms with Crippen LogP contribution in [-0.4, -0.2) is 12.6 Å². The van der Waals surface area contributed by atoms with E-state index in [1.54, 1.807) is 6.08 Å². The minimum atomic E-state index is -0.468. The van der Waals surface area contributed by atoms with Crippen LogP contribution >= 0.6 is 0 Å². The molecule has 2 rings (SSSR count). The van der Waals surface area contributed by atoms with Crippen LogP contribution in [0.25, 0.3) is 6.08 Å². The number of fused-ring (bicyclic) bond motifs is 1. The zero-order valence-corrected chi connectivity index (χ0v) is 8.10. The number of carbonyl (C=O) groups is 1. The van der Waals surface area contributed by atoms with Crippen LogP contribution < -0.4 is 4.74 Å². The zero-order chi connectivity index (χ0) is 10.7. The molecular weight excluding hydrogens is 192 g/mol. The molecule has 0 radical (unpaired) electrons. The summed E-state index contributed by atoms with van der Waals surface area (Å²) in [5.74, 6) is 0.832. The van der Waals surface area contributed by atoms with Crippen molar-refractivity contribution in [3.63, 3.8) is 0 Å². The summed E-state index contributed by atoms with van der Waals surface area (Å²) < 4.78 is 10.4. The normalized spacial score (nSPS) is 13.2. The molecule has 0 bridgehead atoms. The summed E-state index contributed by atoms with van der Waals surface area (Å²) >= 11 is 0. The summed E-state index contributed by atoms with van der Waals surface area (Å²) in [6.45, 7) is 3.60. The highest BCUT2D eigenvalue weighted by atomic mass is 16.6. The number of para-hydroxylation sites is 1. The van der Waals surface area contributed by atoms with Gasteiger partial charge in [-0.25, -0.2) is 4.79 Å². The van der Waals surface area contributed by atoms with E-state index < -0.39 is 5.97 Å². The first kappa shape index (κ1) is 9.52. The molecule has 0 fully saturated rings. The Morgan fingerprint density at radius 2 is 2.27 bits per heavy atom. The second-order valence-electron chi connectivity index (χ2n) is 3.06. The van der Waals surface area contributed by atoms with Crippen molar-refractivity contribution in [1.82, 2.24) is 0 Å². The molecule has 0 amide bonds. The maximum absolute atomic E-state index is 11.0. The van der Waals surface area contributed by atoms with Crippen molar-refractivity contribution in [2.24, 2.45) is 0 Å². The number of ether oxygens (including phenoxy) is 2. The van der Waals surface area contributed by atoms with Gasteiger partial charge < -0.3 is 9.47 Å². The second kappa shape index (κ2) is 4.00. The molecular formula is C12H10O3. The number of esters is 1. The topological polar surface area (TPSA) is 35.5 Å². The van der Waals surface area contributed by atoms with E-state index in [0.29, 0.717) is 5.76 Å². The van der Waals surface area contributed by atoms with E-state index in [9.17, 15) is 4.79 Å². The molecule has 0 N–H and O–H groups in total. The van der Waals surface area contributed by atoms with Gasteiger partial charge in [-0.1, -0.05) is 24.8 Å². The van der Waals surface area contributed by atoms with Crippen LogP contribution in [0.15, 0.2) is 42.7 Å². The third-order valence-electron chi connectivity index (χ3n) is 2.00. The molecule has 15 heavy (non-hydrogen) atoms. The average molecular weight is 202 g/mol. The van der Waals surface area contributed by atoms with Crippen LogP contribution in [0.1, 0.15) is 5.56 Å². The van der Waals surface area contributed by atoms with Gasteiger partial charge in [0.25, 0.3) is 0 Å². The number of carbonyl (C=O) groups excluding carboxylic acids is 1. The van der Waals surface area contributed by atoms with Crippen LogP contribution in [0.3, 0.4) is 0 Å². The quantitative estimate of drug-likeness (QED) is 0.544. The van der Waals surface area contributed by atoms with Crippen molar-refractivity contribution in [1.29, 1.82) is 0 Å². The van der Waals surface area contributed by atoms with Crippen molar-refractivity contribution in [3.8, 4) is 5.75 Å². The maximum Gasteiger partial charge on any atom is 0.335 e. The first-order valence-corrected chi connectivity index (χ1v) is 4.56. The van der Waals surface area contributed by atoms with E-state index in [2.05, 4.69) is 6.58 Å². The van der Waals surface area contributed by atoms with Gasteiger partial charge in [-0.2, -0.15) is 0 Å². The molecule has 0 spiro atoms. The molecule has 0 aliphatic carbocycles. The molecule has 1 aliphatic rings. The van der Waals surface area contributed by atoms with Crippen molar-refractivity contribution in [2.75, 3.05) is 6.61 Å². The van der Waals surface area contributed by atoms with Gasteiger partial charge in [-0.3, -0.25) is 0 Å². The Labute approximate surface area is 87.6 Å². The summed E-state index contributed by atoms with van der Waals surface area (Å²) in [5.41, 5.74) is 0.913. The predicted molar refractivity (Wildman–Crippen MR) is 56.2 cm³/mol. The minimum Gasteiger partial charge on any atom is -0.485 e. The average Bonchev–Trinajstić information content (AvgIpc) is 2.29. The Morgan fingerprint density at radius 3 is 3.07 bits per heavy atom. The summed E-state index contributed by atoms with van der Waals surface area (Å²) in [6.07, 6.45) is 2.92. The molecule has 3 heteroatoms. The number of hydrogen-bond acceptors (Lipinski definition) is 3. The monoisotopic (exact) mass is 202 g/mol. The number of benzene rings is 1. The van der Waals surface area contributed by atoms with Gasteiger partial charge in [0.2, 0.25) is 0 Å².